The second kappa shape index (κ2) is 7.95. The maximum atomic E-state index is 12.5. The summed E-state index contributed by atoms with van der Waals surface area (Å²) in [4.78, 5) is 10.6. The van der Waals surface area contributed by atoms with Crippen molar-refractivity contribution in [3.8, 4) is 0 Å². The van der Waals surface area contributed by atoms with Crippen molar-refractivity contribution >= 4 is 16.2 Å². The average molecular weight is 306 g/mol. The lowest BCUT2D eigenvalue weighted by atomic mass is 10.0. The molecule has 0 spiro atoms. The Morgan fingerprint density at radius 1 is 1.30 bits per heavy atom. The summed E-state index contributed by atoms with van der Waals surface area (Å²) in [5.41, 5.74) is 0. The Morgan fingerprint density at radius 3 is 2.40 bits per heavy atom. The first kappa shape index (κ1) is 17.4. The summed E-state index contributed by atoms with van der Waals surface area (Å²) in [5.74, 6) is -0.643. The van der Waals surface area contributed by atoms with Crippen LogP contribution in [0.15, 0.2) is 0 Å². The van der Waals surface area contributed by atoms with Crippen molar-refractivity contribution in [3.63, 3.8) is 0 Å². The minimum Gasteiger partial charge on any atom is -0.481 e. The quantitative estimate of drug-likeness (QED) is 0.701. The smallest absolute Gasteiger partial charge is 0.303 e. The summed E-state index contributed by atoms with van der Waals surface area (Å²) in [6, 6.07) is 0. The van der Waals surface area contributed by atoms with Gasteiger partial charge in [-0.05, 0) is 31.6 Å². The van der Waals surface area contributed by atoms with Crippen molar-refractivity contribution in [3.05, 3.63) is 0 Å². The van der Waals surface area contributed by atoms with E-state index in [0.717, 1.165) is 19.3 Å². The highest BCUT2D eigenvalue weighted by molar-refractivity contribution is 7.86. The molecular formula is C13H26N2O4S. The van der Waals surface area contributed by atoms with E-state index in [0.29, 0.717) is 32.6 Å². The summed E-state index contributed by atoms with van der Waals surface area (Å²) >= 11 is 0. The maximum Gasteiger partial charge on any atom is 0.303 e. The SMILES string of the molecule is CCCN(CCC)S(=O)(=O)N1CCC(CCC(=O)O)C1. The lowest BCUT2D eigenvalue weighted by molar-refractivity contribution is -0.137. The van der Waals surface area contributed by atoms with Gasteiger partial charge in [-0.2, -0.15) is 17.0 Å². The van der Waals surface area contributed by atoms with Gasteiger partial charge in [-0.25, -0.2) is 0 Å². The summed E-state index contributed by atoms with van der Waals surface area (Å²) in [7, 11) is -3.38. The van der Waals surface area contributed by atoms with Crippen LogP contribution in [-0.4, -0.2) is 54.3 Å². The Balaban J connectivity index is 2.62. The molecule has 1 aliphatic rings. The van der Waals surface area contributed by atoms with Gasteiger partial charge in [0.15, 0.2) is 0 Å². The van der Waals surface area contributed by atoms with Crippen LogP contribution >= 0.6 is 0 Å². The highest BCUT2D eigenvalue weighted by atomic mass is 32.2. The Bertz CT molecular complexity index is 405. The molecule has 0 bridgehead atoms. The highest BCUT2D eigenvalue weighted by Crippen LogP contribution is 2.25. The molecule has 0 aromatic rings. The normalized spacial score (nSPS) is 20.6. The summed E-state index contributed by atoms with van der Waals surface area (Å²) in [5, 5.41) is 8.69. The molecular weight excluding hydrogens is 280 g/mol. The predicted octanol–water partition coefficient (Wildman–Crippen LogP) is 1.54. The van der Waals surface area contributed by atoms with Gasteiger partial charge in [0.2, 0.25) is 0 Å². The minimum atomic E-state index is -3.38. The molecule has 0 aromatic heterocycles. The van der Waals surface area contributed by atoms with Crippen LogP contribution in [0, 0.1) is 5.92 Å². The van der Waals surface area contributed by atoms with E-state index in [1.807, 2.05) is 13.8 Å². The molecule has 0 aromatic carbocycles. The lowest BCUT2D eigenvalue weighted by Crippen LogP contribution is -2.43. The van der Waals surface area contributed by atoms with Gasteiger partial charge < -0.3 is 5.11 Å². The zero-order valence-corrected chi connectivity index (χ0v) is 13.2. The van der Waals surface area contributed by atoms with Crippen LogP contribution in [0.4, 0.5) is 0 Å². The number of nitrogens with zero attached hydrogens (tertiary/aromatic N) is 2. The average Bonchev–Trinajstić information content (AvgIpc) is 2.85. The minimum absolute atomic E-state index is 0.117. The third-order valence-corrected chi connectivity index (χ3v) is 5.62. The number of rotatable bonds is 9. The summed E-state index contributed by atoms with van der Waals surface area (Å²) in [6.07, 6.45) is 3.04. The van der Waals surface area contributed by atoms with Crippen molar-refractivity contribution in [1.82, 2.24) is 8.61 Å². The third kappa shape index (κ3) is 4.71. The molecule has 20 heavy (non-hydrogen) atoms. The van der Waals surface area contributed by atoms with E-state index < -0.39 is 16.2 Å². The number of carboxylic acids is 1. The monoisotopic (exact) mass is 306 g/mol. The Labute approximate surface area is 121 Å². The van der Waals surface area contributed by atoms with Gasteiger partial charge >= 0.3 is 5.97 Å². The topological polar surface area (TPSA) is 77.9 Å². The van der Waals surface area contributed by atoms with Gasteiger partial charge in [-0.3, -0.25) is 4.79 Å². The molecule has 1 rings (SSSR count). The molecule has 1 N–H and O–H groups in total. The van der Waals surface area contributed by atoms with E-state index in [9.17, 15) is 13.2 Å². The van der Waals surface area contributed by atoms with Crippen LogP contribution in [0.25, 0.3) is 0 Å². The van der Waals surface area contributed by atoms with Crippen LogP contribution in [0.2, 0.25) is 0 Å². The van der Waals surface area contributed by atoms with Crippen LogP contribution < -0.4 is 0 Å². The van der Waals surface area contributed by atoms with Gasteiger partial charge in [-0.1, -0.05) is 13.8 Å². The van der Waals surface area contributed by atoms with Crippen LogP contribution in [0.5, 0.6) is 0 Å². The fraction of sp³-hybridized carbons (Fsp3) is 0.923. The van der Waals surface area contributed by atoms with Crippen molar-refractivity contribution in [2.45, 2.75) is 46.0 Å². The first-order valence-corrected chi connectivity index (χ1v) is 8.78. The molecule has 0 radical (unpaired) electrons. The van der Waals surface area contributed by atoms with Crippen molar-refractivity contribution < 1.29 is 18.3 Å². The molecule has 0 amide bonds. The van der Waals surface area contributed by atoms with Crippen LogP contribution in [0.3, 0.4) is 0 Å². The maximum absolute atomic E-state index is 12.5. The number of hydrogen-bond acceptors (Lipinski definition) is 3. The van der Waals surface area contributed by atoms with Crippen LogP contribution in [0.1, 0.15) is 46.0 Å². The van der Waals surface area contributed by atoms with Crippen molar-refractivity contribution in [2.75, 3.05) is 26.2 Å². The molecule has 1 aliphatic heterocycles. The second-order valence-corrected chi connectivity index (χ2v) is 7.28. The summed E-state index contributed by atoms with van der Waals surface area (Å²) < 4.78 is 28.1. The Kier molecular flexibility index (Phi) is 6.91. The third-order valence-electron chi connectivity index (χ3n) is 3.61. The Hall–Kier alpha value is -0.660. The number of hydrogen-bond donors (Lipinski definition) is 1. The first-order chi connectivity index (χ1) is 9.41. The lowest BCUT2D eigenvalue weighted by Gasteiger charge is -2.26. The molecule has 1 atom stereocenters. The van der Waals surface area contributed by atoms with E-state index in [1.54, 1.807) is 4.31 Å². The highest BCUT2D eigenvalue weighted by Gasteiger charge is 2.34. The zero-order valence-electron chi connectivity index (χ0n) is 12.4. The molecule has 1 unspecified atom stereocenters. The first-order valence-electron chi connectivity index (χ1n) is 7.38. The number of carbonyl (C=O) groups is 1. The second-order valence-electron chi connectivity index (χ2n) is 5.35. The van der Waals surface area contributed by atoms with E-state index in [4.69, 9.17) is 5.11 Å². The van der Waals surface area contributed by atoms with E-state index in [-0.39, 0.29) is 12.3 Å². The van der Waals surface area contributed by atoms with E-state index in [1.165, 1.54) is 4.31 Å². The van der Waals surface area contributed by atoms with Crippen molar-refractivity contribution in [2.24, 2.45) is 5.92 Å². The fourth-order valence-electron chi connectivity index (χ4n) is 2.57. The van der Waals surface area contributed by atoms with E-state index in [2.05, 4.69) is 0 Å². The zero-order chi connectivity index (χ0) is 15.2. The van der Waals surface area contributed by atoms with Gasteiger partial charge in [0, 0.05) is 32.6 Å². The molecule has 1 fully saturated rings. The largest absolute Gasteiger partial charge is 0.481 e. The van der Waals surface area contributed by atoms with E-state index >= 15 is 0 Å². The molecule has 1 saturated heterocycles. The molecule has 0 saturated carbocycles. The molecule has 0 aliphatic carbocycles. The van der Waals surface area contributed by atoms with Gasteiger partial charge in [-0.15, -0.1) is 0 Å². The number of aliphatic carboxylic acids is 1. The summed E-state index contributed by atoms with van der Waals surface area (Å²) in [6.45, 7) is 6.00. The van der Waals surface area contributed by atoms with Gasteiger partial charge in [0.25, 0.3) is 10.2 Å². The molecule has 6 nitrogen and oxygen atoms in total. The fourth-order valence-corrected chi connectivity index (χ4v) is 4.46. The molecule has 118 valence electrons. The molecule has 7 heteroatoms. The van der Waals surface area contributed by atoms with Gasteiger partial charge in [0.05, 0.1) is 0 Å². The predicted molar refractivity (Wildman–Crippen MR) is 77.6 cm³/mol. The Morgan fingerprint density at radius 2 is 1.90 bits per heavy atom. The standard InChI is InChI=1S/C13H26N2O4S/c1-3-8-14(9-4-2)20(18,19)15-10-7-12(11-15)5-6-13(16)17/h12H,3-11H2,1-2H3,(H,16,17). The molecule has 1 heterocycles. The van der Waals surface area contributed by atoms with Crippen LogP contribution in [-0.2, 0) is 15.0 Å². The number of carboxylic acid groups (broad SMARTS) is 1. The van der Waals surface area contributed by atoms with Crippen molar-refractivity contribution in [1.29, 1.82) is 0 Å². The van der Waals surface area contributed by atoms with Gasteiger partial charge in [0.1, 0.15) is 0 Å².